The van der Waals surface area contributed by atoms with Gasteiger partial charge in [0.2, 0.25) is 0 Å². The minimum absolute atomic E-state index is 0.00407. The van der Waals surface area contributed by atoms with Crippen molar-refractivity contribution in [3.8, 4) is 0 Å². The van der Waals surface area contributed by atoms with Crippen LogP contribution in [0.2, 0.25) is 0 Å². The van der Waals surface area contributed by atoms with Crippen LogP contribution >= 0.6 is 0 Å². The summed E-state index contributed by atoms with van der Waals surface area (Å²) >= 11 is 0. The molecule has 2 unspecified atom stereocenters. The lowest BCUT2D eigenvalue weighted by molar-refractivity contribution is -0.181. The summed E-state index contributed by atoms with van der Waals surface area (Å²) in [6, 6.07) is -0.00407. The second kappa shape index (κ2) is 2.98. The van der Waals surface area contributed by atoms with Crippen molar-refractivity contribution in [3.05, 3.63) is 0 Å². The molecule has 70 valence electrons. The van der Waals surface area contributed by atoms with Crippen molar-refractivity contribution in [2.45, 2.75) is 43.9 Å². The van der Waals surface area contributed by atoms with E-state index in [1.165, 1.54) is 19.3 Å². The Morgan fingerprint density at radius 3 is 2.33 bits per heavy atom. The molecule has 1 aliphatic heterocycles. The van der Waals surface area contributed by atoms with Gasteiger partial charge >= 0.3 is 0 Å². The number of aliphatic hydroxyl groups is 1. The first kappa shape index (κ1) is 8.48. The molecule has 2 rings (SSSR count). The predicted octanol–water partition coefficient (Wildman–Crippen LogP) is 0.282. The molecule has 12 heavy (non-hydrogen) atoms. The molecule has 0 spiro atoms. The van der Waals surface area contributed by atoms with E-state index < -0.39 is 5.72 Å². The Morgan fingerprint density at radius 2 is 1.92 bits per heavy atom. The first-order valence-corrected chi connectivity index (χ1v) is 4.96. The zero-order chi connectivity index (χ0) is 8.60. The minimum atomic E-state index is -0.638. The minimum Gasteiger partial charge on any atom is -0.374 e. The molecule has 3 N–H and O–H groups in total. The summed E-state index contributed by atoms with van der Waals surface area (Å²) < 4.78 is 0. The highest BCUT2D eigenvalue weighted by molar-refractivity contribution is 4.99. The van der Waals surface area contributed by atoms with Crippen LogP contribution < -0.4 is 5.73 Å². The maximum absolute atomic E-state index is 10.1. The van der Waals surface area contributed by atoms with Gasteiger partial charge in [-0.1, -0.05) is 6.42 Å². The summed E-state index contributed by atoms with van der Waals surface area (Å²) in [7, 11) is 0. The van der Waals surface area contributed by atoms with E-state index in [9.17, 15) is 5.11 Å². The van der Waals surface area contributed by atoms with E-state index >= 15 is 0 Å². The van der Waals surface area contributed by atoms with Crippen molar-refractivity contribution in [3.63, 3.8) is 0 Å². The van der Waals surface area contributed by atoms with Gasteiger partial charge in [0.15, 0.2) is 0 Å². The SMILES string of the molecule is NC1CCC1(O)N1CCCCC1. The molecule has 0 aromatic carbocycles. The van der Waals surface area contributed by atoms with Crippen molar-refractivity contribution < 1.29 is 5.11 Å². The van der Waals surface area contributed by atoms with Gasteiger partial charge in [0, 0.05) is 19.1 Å². The summed E-state index contributed by atoms with van der Waals surface area (Å²) in [5.41, 5.74) is 5.16. The van der Waals surface area contributed by atoms with Crippen LogP contribution in [-0.4, -0.2) is 34.9 Å². The first-order valence-electron chi connectivity index (χ1n) is 4.96. The fraction of sp³-hybridized carbons (Fsp3) is 1.00. The average Bonchev–Trinajstić information content (AvgIpc) is 2.16. The number of nitrogens with two attached hydrogens (primary N) is 1. The molecule has 2 fully saturated rings. The van der Waals surface area contributed by atoms with E-state index in [1.807, 2.05) is 0 Å². The Balaban J connectivity index is 1.97. The van der Waals surface area contributed by atoms with Gasteiger partial charge in [-0.3, -0.25) is 4.90 Å². The molecule has 1 aliphatic carbocycles. The molecule has 1 saturated heterocycles. The molecular weight excluding hydrogens is 152 g/mol. The molecule has 0 radical (unpaired) electrons. The van der Waals surface area contributed by atoms with E-state index in [0.29, 0.717) is 0 Å². The van der Waals surface area contributed by atoms with Crippen LogP contribution in [0.4, 0.5) is 0 Å². The van der Waals surface area contributed by atoms with Crippen LogP contribution in [-0.2, 0) is 0 Å². The standard InChI is InChI=1S/C9H18N2O/c10-8-4-5-9(8,12)11-6-2-1-3-7-11/h8,12H,1-7,10H2. The van der Waals surface area contributed by atoms with E-state index in [0.717, 1.165) is 25.9 Å². The average molecular weight is 170 g/mol. The summed E-state index contributed by atoms with van der Waals surface area (Å²) in [6.07, 6.45) is 5.59. The molecule has 3 nitrogen and oxygen atoms in total. The first-order chi connectivity index (χ1) is 5.73. The Hall–Kier alpha value is -0.120. The number of hydrogen-bond acceptors (Lipinski definition) is 3. The highest BCUT2D eigenvalue weighted by atomic mass is 16.3. The van der Waals surface area contributed by atoms with E-state index in [1.54, 1.807) is 0 Å². The quantitative estimate of drug-likeness (QED) is 0.594. The van der Waals surface area contributed by atoms with Crippen LogP contribution in [0.3, 0.4) is 0 Å². The van der Waals surface area contributed by atoms with Gasteiger partial charge in [0.1, 0.15) is 5.72 Å². The molecular formula is C9H18N2O. The Bertz CT molecular complexity index is 168. The normalized spacial score (nSPS) is 44.0. The van der Waals surface area contributed by atoms with E-state index in [4.69, 9.17) is 5.73 Å². The van der Waals surface area contributed by atoms with E-state index in [2.05, 4.69) is 4.90 Å². The predicted molar refractivity (Wildman–Crippen MR) is 47.6 cm³/mol. The Labute approximate surface area is 73.5 Å². The molecule has 3 heteroatoms. The molecule has 2 aliphatic rings. The topological polar surface area (TPSA) is 49.5 Å². The van der Waals surface area contributed by atoms with Gasteiger partial charge in [-0.25, -0.2) is 0 Å². The van der Waals surface area contributed by atoms with Gasteiger partial charge in [0.05, 0.1) is 0 Å². The van der Waals surface area contributed by atoms with Crippen molar-refractivity contribution in [1.82, 2.24) is 4.90 Å². The molecule has 0 aromatic heterocycles. The van der Waals surface area contributed by atoms with Crippen molar-refractivity contribution in [2.75, 3.05) is 13.1 Å². The Morgan fingerprint density at radius 1 is 1.25 bits per heavy atom. The molecule has 0 amide bonds. The third-order valence-electron chi connectivity index (χ3n) is 3.32. The molecule has 1 saturated carbocycles. The van der Waals surface area contributed by atoms with Gasteiger partial charge in [-0.15, -0.1) is 0 Å². The molecule has 0 bridgehead atoms. The fourth-order valence-corrected chi connectivity index (χ4v) is 2.24. The maximum atomic E-state index is 10.1. The zero-order valence-electron chi connectivity index (χ0n) is 7.50. The lowest BCUT2D eigenvalue weighted by atomic mass is 9.80. The monoisotopic (exact) mass is 170 g/mol. The fourth-order valence-electron chi connectivity index (χ4n) is 2.24. The molecule has 0 aromatic rings. The highest BCUT2D eigenvalue weighted by Gasteiger charge is 2.47. The van der Waals surface area contributed by atoms with Crippen molar-refractivity contribution in [1.29, 1.82) is 0 Å². The summed E-state index contributed by atoms with van der Waals surface area (Å²) in [4.78, 5) is 2.17. The van der Waals surface area contributed by atoms with Crippen LogP contribution in [0.1, 0.15) is 32.1 Å². The summed E-state index contributed by atoms with van der Waals surface area (Å²) in [5, 5.41) is 10.1. The molecule has 1 heterocycles. The second-order valence-corrected chi connectivity index (χ2v) is 4.07. The van der Waals surface area contributed by atoms with Crippen molar-refractivity contribution >= 4 is 0 Å². The third kappa shape index (κ3) is 1.16. The van der Waals surface area contributed by atoms with Crippen LogP contribution in [0.25, 0.3) is 0 Å². The number of nitrogens with zero attached hydrogens (tertiary/aromatic N) is 1. The smallest absolute Gasteiger partial charge is 0.133 e. The highest BCUT2D eigenvalue weighted by Crippen LogP contribution is 2.35. The second-order valence-electron chi connectivity index (χ2n) is 4.07. The van der Waals surface area contributed by atoms with Gasteiger partial charge in [-0.2, -0.15) is 0 Å². The number of rotatable bonds is 1. The number of piperidine rings is 1. The lowest BCUT2D eigenvalue weighted by Crippen LogP contribution is -2.67. The van der Waals surface area contributed by atoms with Gasteiger partial charge < -0.3 is 10.8 Å². The summed E-state index contributed by atoms with van der Waals surface area (Å²) in [5.74, 6) is 0. The van der Waals surface area contributed by atoms with Crippen LogP contribution in [0.15, 0.2) is 0 Å². The number of hydrogen-bond donors (Lipinski definition) is 2. The van der Waals surface area contributed by atoms with Crippen LogP contribution in [0, 0.1) is 0 Å². The zero-order valence-corrected chi connectivity index (χ0v) is 7.50. The Kier molecular flexibility index (Phi) is 2.10. The third-order valence-corrected chi connectivity index (χ3v) is 3.32. The number of likely N-dealkylation sites (tertiary alicyclic amines) is 1. The van der Waals surface area contributed by atoms with Crippen molar-refractivity contribution in [2.24, 2.45) is 5.73 Å². The largest absolute Gasteiger partial charge is 0.374 e. The van der Waals surface area contributed by atoms with Crippen LogP contribution in [0.5, 0.6) is 0 Å². The summed E-state index contributed by atoms with van der Waals surface area (Å²) in [6.45, 7) is 2.06. The lowest BCUT2D eigenvalue weighted by Gasteiger charge is -2.51. The van der Waals surface area contributed by atoms with E-state index in [-0.39, 0.29) is 6.04 Å². The van der Waals surface area contributed by atoms with Gasteiger partial charge in [0.25, 0.3) is 0 Å². The van der Waals surface area contributed by atoms with Gasteiger partial charge in [-0.05, 0) is 25.7 Å². The molecule has 2 atom stereocenters. The maximum Gasteiger partial charge on any atom is 0.133 e.